The number of benzene rings is 1. The number of esters is 1. The highest BCUT2D eigenvalue weighted by Crippen LogP contribution is 2.50. The van der Waals surface area contributed by atoms with E-state index in [1.54, 1.807) is 6.07 Å². The van der Waals surface area contributed by atoms with Gasteiger partial charge in [-0.1, -0.05) is 0 Å². The molecule has 0 amide bonds. The van der Waals surface area contributed by atoms with E-state index in [9.17, 15) is 9.18 Å². The number of carbonyl (C=O) groups excluding carboxylic acids is 1. The molecule has 5 nitrogen and oxygen atoms in total. The average Bonchev–Trinajstić information content (AvgIpc) is 3.22. The number of aryl methyl sites for hydroxylation is 2. The fraction of sp³-hybridized carbons (Fsp3) is 0.455. The number of hydrogen-bond donors (Lipinski definition) is 1. The second kappa shape index (κ2) is 7.41. The molecule has 1 fully saturated rings. The van der Waals surface area contributed by atoms with Crippen LogP contribution in [0.2, 0.25) is 0 Å². The van der Waals surface area contributed by atoms with Crippen LogP contribution in [-0.2, 0) is 17.7 Å². The first-order valence-corrected chi connectivity index (χ1v) is 10.0. The number of hydrogen-bond acceptors (Lipinski definition) is 3. The number of rotatable bonds is 3. The number of H-pyrrole nitrogens is 1. The predicted octanol–water partition coefficient (Wildman–Crippen LogP) is 4.74. The van der Waals surface area contributed by atoms with Crippen LogP contribution >= 0.6 is 0 Å². The van der Waals surface area contributed by atoms with Gasteiger partial charge in [-0.3, -0.25) is 4.68 Å². The van der Waals surface area contributed by atoms with E-state index < -0.39 is 0 Å². The van der Waals surface area contributed by atoms with Crippen molar-refractivity contribution in [1.82, 2.24) is 14.8 Å². The van der Waals surface area contributed by atoms with Gasteiger partial charge in [0.15, 0.2) is 5.69 Å². The molecule has 2 aromatic heterocycles. The minimum absolute atomic E-state index is 0.195. The topological polar surface area (TPSA) is 59.9 Å². The fourth-order valence-corrected chi connectivity index (χ4v) is 4.43. The van der Waals surface area contributed by atoms with Gasteiger partial charge in [-0.2, -0.15) is 5.10 Å². The summed E-state index contributed by atoms with van der Waals surface area (Å²) in [5, 5.41) is 5.54. The Morgan fingerprint density at radius 2 is 2.14 bits per heavy atom. The molecule has 148 valence electrons. The Bertz CT molecular complexity index is 1010. The Kier molecular flexibility index (Phi) is 4.96. The predicted molar refractivity (Wildman–Crippen MR) is 106 cm³/mol. The Labute approximate surface area is 163 Å². The molecule has 2 heterocycles. The van der Waals surface area contributed by atoms with Crippen molar-refractivity contribution in [2.45, 2.75) is 52.5 Å². The van der Waals surface area contributed by atoms with Crippen LogP contribution in [0.1, 0.15) is 59.9 Å². The van der Waals surface area contributed by atoms with E-state index in [-0.39, 0.29) is 11.8 Å². The highest BCUT2D eigenvalue weighted by molar-refractivity contribution is 5.89. The lowest BCUT2D eigenvalue weighted by Gasteiger charge is -2.41. The lowest BCUT2D eigenvalue weighted by molar-refractivity contribution is 0.0516. The molecule has 1 aromatic carbocycles. The van der Waals surface area contributed by atoms with Gasteiger partial charge in [-0.15, -0.1) is 0 Å². The van der Waals surface area contributed by atoms with Crippen molar-refractivity contribution < 1.29 is 13.9 Å². The van der Waals surface area contributed by atoms with Crippen molar-refractivity contribution in [2.75, 3.05) is 6.61 Å². The zero-order chi connectivity index (χ0) is 19.8. The van der Waals surface area contributed by atoms with Crippen LogP contribution in [0.15, 0.2) is 24.4 Å². The number of halogens is 1. The summed E-state index contributed by atoms with van der Waals surface area (Å²) in [5.74, 6) is 0.964. The molecule has 28 heavy (non-hydrogen) atoms. The quantitative estimate of drug-likeness (QED) is 0.664. The molecule has 0 radical (unpaired) electrons. The summed E-state index contributed by atoms with van der Waals surface area (Å²) >= 11 is 0. The van der Waals surface area contributed by atoms with E-state index >= 15 is 0 Å². The van der Waals surface area contributed by atoms with Crippen LogP contribution in [0.4, 0.5) is 4.39 Å². The summed E-state index contributed by atoms with van der Waals surface area (Å²) in [7, 11) is 0. The fourth-order valence-electron chi connectivity index (χ4n) is 4.43. The first-order valence-electron chi connectivity index (χ1n) is 10.0. The number of ether oxygens (including phenoxy) is 1. The smallest absolute Gasteiger partial charge is 0.359 e. The standard InChI is InChI=1S/C13H18N2O2.C9H8FN/c1-3-15-12-9-5-8(6-9)7-10(12)11(14-15)13(16)17-4-2;1-6-5-11-9-4-7(10)2-3-8(6)9/h8-9H,3-7H2,1-2H3;2-5,11H,1H3. The molecule has 6 heteroatoms. The van der Waals surface area contributed by atoms with E-state index in [1.807, 2.05) is 24.7 Å². The van der Waals surface area contributed by atoms with Crippen LogP contribution in [-0.4, -0.2) is 27.3 Å². The highest BCUT2D eigenvalue weighted by Gasteiger charge is 2.42. The largest absolute Gasteiger partial charge is 0.461 e. The number of aromatic nitrogens is 3. The third-order valence-electron chi connectivity index (χ3n) is 5.83. The first kappa shape index (κ1) is 18.7. The molecule has 0 saturated heterocycles. The van der Waals surface area contributed by atoms with Crippen molar-refractivity contribution >= 4 is 16.9 Å². The second-order valence-electron chi connectivity index (χ2n) is 7.65. The number of carbonyl (C=O) groups is 1. The van der Waals surface area contributed by atoms with E-state index in [1.165, 1.54) is 30.7 Å². The summed E-state index contributed by atoms with van der Waals surface area (Å²) in [4.78, 5) is 14.9. The van der Waals surface area contributed by atoms with Crippen molar-refractivity contribution in [1.29, 1.82) is 0 Å². The number of nitrogens with one attached hydrogen (secondary N) is 1. The van der Waals surface area contributed by atoms with Crippen molar-refractivity contribution in [2.24, 2.45) is 5.92 Å². The van der Waals surface area contributed by atoms with Gasteiger partial charge in [0.2, 0.25) is 0 Å². The van der Waals surface area contributed by atoms with Gasteiger partial charge in [-0.25, -0.2) is 9.18 Å². The van der Waals surface area contributed by atoms with E-state index in [2.05, 4.69) is 17.0 Å². The third kappa shape index (κ3) is 3.21. The highest BCUT2D eigenvalue weighted by atomic mass is 19.1. The molecule has 3 aliphatic carbocycles. The molecule has 1 saturated carbocycles. The van der Waals surface area contributed by atoms with Gasteiger partial charge in [-0.05, 0) is 69.7 Å². The van der Waals surface area contributed by atoms with Crippen molar-refractivity contribution in [3.63, 3.8) is 0 Å². The maximum Gasteiger partial charge on any atom is 0.359 e. The number of fused-ring (bicyclic) bond motifs is 1. The summed E-state index contributed by atoms with van der Waals surface area (Å²) in [6, 6.07) is 4.77. The van der Waals surface area contributed by atoms with Crippen molar-refractivity contribution in [3.8, 4) is 0 Å². The van der Waals surface area contributed by atoms with Gasteiger partial charge < -0.3 is 9.72 Å². The number of nitrogens with zero attached hydrogens (tertiary/aromatic N) is 2. The van der Waals surface area contributed by atoms with E-state index in [0.717, 1.165) is 40.9 Å². The summed E-state index contributed by atoms with van der Waals surface area (Å²) < 4.78 is 19.7. The molecule has 0 unspecified atom stereocenters. The Morgan fingerprint density at radius 3 is 2.86 bits per heavy atom. The molecule has 2 bridgehead atoms. The molecule has 3 aromatic rings. The average molecular weight is 383 g/mol. The third-order valence-corrected chi connectivity index (χ3v) is 5.83. The molecule has 0 atom stereocenters. The minimum Gasteiger partial charge on any atom is -0.461 e. The summed E-state index contributed by atoms with van der Waals surface area (Å²) in [5.41, 5.74) is 5.05. The second-order valence-corrected chi connectivity index (χ2v) is 7.65. The van der Waals surface area contributed by atoms with Crippen LogP contribution in [0.3, 0.4) is 0 Å². The van der Waals surface area contributed by atoms with Gasteiger partial charge in [0.25, 0.3) is 0 Å². The van der Waals surface area contributed by atoms with Gasteiger partial charge in [0, 0.05) is 40.8 Å². The Balaban J connectivity index is 0.000000151. The first-order chi connectivity index (χ1) is 13.5. The summed E-state index contributed by atoms with van der Waals surface area (Å²) in [6.45, 7) is 7.16. The monoisotopic (exact) mass is 383 g/mol. The lowest BCUT2D eigenvalue weighted by Crippen LogP contribution is -2.32. The molecule has 1 N–H and O–H groups in total. The maximum absolute atomic E-state index is 12.6. The molecular formula is C22H26FN3O2. The van der Waals surface area contributed by atoms with Crippen molar-refractivity contribution in [3.05, 3.63) is 52.7 Å². The Morgan fingerprint density at radius 1 is 1.36 bits per heavy atom. The van der Waals surface area contributed by atoms with Crippen LogP contribution in [0.5, 0.6) is 0 Å². The molecular weight excluding hydrogens is 357 g/mol. The maximum atomic E-state index is 12.6. The van der Waals surface area contributed by atoms with Crippen LogP contribution < -0.4 is 0 Å². The summed E-state index contributed by atoms with van der Waals surface area (Å²) in [6.07, 6.45) is 5.45. The van der Waals surface area contributed by atoms with E-state index in [0.29, 0.717) is 18.2 Å². The SMILES string of the molecule is CCOC(=O)c1nn(CC)c2c1CC1CC2C1.Cc1c[nH]c2cc(F)ccc12. The van der Waals surface area contributed by atoms with E-state index in [4.69, 9.17) is 4.74 Å². The van der Waals surface area contributed by atoms with Gasteiger partial charge in [0.05, 0.1) is 6.61 Å². The lowest BCUT2D eigenvalue weighted by atomic mass is 9.64. The molecule has 0 aliphatic heterocycles. The van der Waals surface area contributed by atoms with Gasteiger partial charge in [0.1, 0.15) is 5.82 Å². The van der Waals surface area contributed by atoms with Crippen LogP contribution in [0, 0.1) is 18.7 Å². The zero-order valence-electron chi connectivity index (χ0n) is 16.6. The van der Waals surface area contributed by atoms with Crippen LogP contribution in [0.25, 0.3) is 10.9 Å². The molecule has 3 aliphatic rings. The zero-order valence-corrected chi connectivity index (χ0v) is 16.6. The minimum atomic E-state index is -0.253. The number of aromatic amines is 1. The normalized spacial score (nSPS) is 19.4. The van der Waals surface area contributed by atoms with Gasteiger partial charge >= 0.3 is 5.97 Å². The molecule has 0 spiro atoms. The molecule has 6 rings (SSSR count). The Hall–Kier alpha value is -2.63.